The van der Waals surface area contributed by atoms with Crippen molar-refractivity contribution in [3.05, 3.63) is 69.6 Å². The molecule has 0 bridgehead atoms. The van der Waals surface area contributed by atoms with E-state index in [1.807, 2.05) is 6.07 Å². The summed E-state index contributed by atoms with van der Waals surface area (Å²) in [5, 5.41) is 15.9. The van der Waals surface area contributed by atoms with Crippen LogP contribution in [0.3, 0.4) is 0 Å². The first-order valence-corrected chi connectivity index (χ1v) is 8.77. The fourth-order valence-corrected chi connectivity index (χ4v) is 3.11. The Kier molecular flexibility index (Phi) is 4.65. The first kappa shape index (κ1) is 18.5. The second-order valence-corrected chi connectivity index (χ2v) is 6.50. The maximum Gasteiger partial charge on any atom is 0.322 e. The lowest BCUT2D eigenvalue weighted by atomic mass is 10.1. The Balaban J connectivity index is 1.78. The minimum absolute atomic E-state index is 0.0127. The number of aromatic amines is 1. The molecule has 9 nitrogen and oxygen atoms in total. The molecule has 3 N–H and O–H groups in total. The molecule has 0 saturated carbocycles. The number of amides is 1. The van der Waals surface area contributed by atoms with Gasteiger partial charge in [0.05, 0.1) is 0 Å². The predicted octanol–water partition coefficient (Wildman–Crippen LogP) is 2.44. The number of aliphatic carboxylic acids is 1. The van der Waals surface area contributed by atoms with Crippen LogP contribution in [0.2, 0.25) is 5.02 Å². The molecule has 29 heavy (non-hydrogen) atoms. The number of H-pyrrole nitrogens is 1. The van der Waals surface area contributed by atoms with E-state index in [4.69, 9.17) is 21.4 Å². The van der Waals surface area contributed by atoms with Gasteiger partial charge in [0.2, 0.25) is 11.3 Å². The lowest BCUT2D eigenvalue weighted by molar-refractivity contribution is -0.135. The Hall–Kier alpha value is -3.85. The summed E-state index contributed by atoms with van der Waals surface area (Å²) in [4.78, 5) is 39.5. The molecule has 2 aromatic carbocycles. The number of rotatable bonds is 5. The quantitative estimate of drug-likeness (QED) is 0.462. The average molecular weight is 413 g/mol. The number of fused-ring (bicyclic) bond motifs is 2. The highest BCUT2D eigenvalue weighted by molar-refractivity contribution is 6.31. The third-order valence-electron chi connectivity index (χ3n) is 4.17. The summed E-state index contributed by atoms with van der Waals surface area (Å²) in [7, 11) is 0. The van der Waals surface area contributed by atoms with Crippen LogP contribution in [-0.4, -0.2) is 38.1 Å². The van der Waals surface area contributed by atoms with Gasteiger partial charge in [0.1, 0.15) is 24.2 Å². The number of nitrogens with zero attached hydrogens (tertiary/aromatic N) is 2. The second kappa shape index (κ2) is 7.28. The zero-order chi connectivity index (χ0) is 20.5. The number of aromatic nitrogens is 3. The highest BCUT2D eigenvalue weighted by Crippen LogP contribution is 2.31. The molecule has 0 aliphatic rings. The van der Waals surface area contributed by atoms with E-state index < -0.39 is 23.9 Å². The molecule has 0 unspecified atom stereocenters. The lowest BCUT2D eigenvalue weighted by Crippen LogP contribution is -2.33. The molecule has 1 amide bonds. The first-order valence-electron chi connectivity index (χ1n) is 8.39. The highest BCUT2D eigenvalue weighted by atomic mass is 35.5. The SMILES string of the molecule is O=C(O)CNC(=O)c1c(=O)cc(Oc2cccc3cc(Cl)ccc23)n2[nH]cnc12. The standard InChI is InChI=1S/C19H13ClN4O5/c20-11-4-5-12-10(6-11)2-1-3-14(12)29-15-7-13(25)17(18-22-9-23-24(15)18)19(28)21-8-16(26)27/h1-7,9H,8H2,(H,21,28)(H,22,23)(H,26,27). The van der Waals surface area contributed by atoms with Gasteiger partial charge < -0.3 is 15.2 Å². The van der Waals surface area contributed by atoms with E-state index >= 15 is 0 Å². The normalized spacial score (nSPS) is 10.9. The van der Waals surface area contributed by atoms with Crippen molar-refractivity contribution in [2.75, 3.05) is 6.54 Å². The van der Waals surface area contributed by atoms with Crippen LogP contribution in [0.5, 0.6) is 11.6 Å². The van der Waals surface area contributed by atoms with Gasteiger partial charge in [0, 0.05) is 16.5 Å². The molecular weight excluding hydrogens is 400 g/mol. The number of carboxylic acids is 1. The van der Waals surface area contributed by atoms with Gasteiger partial charge in [0.15, 0.2) is 5.65 Å². The number of hydrogen-bond acceptors (Lipinski definition) is 5. The molecule has 146 valence electrons. The molecule has 0 atom stereocenters. The summed E-state index contributed by atoms with van der Waals surface area (Å²) in [6, 6.07) is 11.8. The van der Waals surface area contributed by atoms with Gasteiger partial charge in [-0.1, -0.05) is 23.7 Å². The van der Waals surface area contributed by atoms with Crippen LogP contribution in [0.25, 0.3) is 16.4 Å². The number of carbonyl (C=O) groups is 2. The van der Waals surface area contributed by atoms with Crippen molar-refractivity contribution in [3.8, 4) is 11.6 Å². The Morgan fingerprint density at radius 1 is 1.24 bits per heavy atom. The van der Waals surface area contributed by atoms with Crippen molar-refractivity contribution < 1.29 is 19.4 Å². The van der Waals surface area contributed by atoms with E-state index in [0.29, 0.717) is 10.8 Å². The summed E-state index contributed by atoms with van der Waals surface area (Å²) in [6.07, 6.45) is 1.29. The molecule has 4 aromatic rings. The summed E-state index contributed by atoms with van der Waals surface area (Å²) in [5.74, 6) is -1.48. The molecule has 0 aliphatic carbocycles. The fraction of sp³-hybridized carbons (Fsp3) is 0.0526. The van der Waals surface area contributed by atoms with E-state index in [0.717, 1.165) is 16.8 Å². The monoisotopic (exact) mass is 412 g/mol. The third kappa shape index (κ3) is 3.50. The van der Waals surface area contributed by atoms with E-state index in [-0.39, 0.29) is 17.1 Å². The van der Waals surface area contributed by atoms with Crippen molar-refractivity contribution in [1.29, 1.82) is 0 Å². The molecule has 0 fully saturated rings. The van der Waals surface area contributed by atoms with Gasteiger partial charge in [-0.15, -0.1) is 0 Å². The predicted molar refractivity (Wildman–Crippen MR) is 105 cm³/mol. The van der Waals surface area contributed by atoms with Gasteiger partial charge in [-0.3, -0.25) is 19.5 Å². The Bertz CT molecular complexity index is 1330. The number of halogens is 1. The maximum absolute atomic E-state index is 12.6. The van der Waals surface area contributed by atoms with Crippen molar-refractivity contribution in [3.63, 3.8) is 0 Å². The van der Waals surface area contributed by atoms with Gasteiger partial charge in [-0.2, -0.15) is 0 Å². The number of pyridine rings is 1. The van der Waals surface area contributed by atoms with E-state index in [1.54, 1.807) is 30.3 Å². The number of carbonyl (C=O) groups excluding carboxylic acids is 1. The molecule has 0 spiro atoms. The third-order valence-corrected chi connectivity index (χ3v) is 4.41. The van der Waals surface area contributed by atoms with Crippen LogP contribution < -0.4 is 15.5 Å². The number of carboxylic acid groups (broad SMARTS) is 1. The molecule has 0 aliphatic heterocycles. The van der Waals surface area contributed by atoms with Gasteiger partial charge >= 0.3 is 5.97 Å². The average Bonchev–Trinajstić information content (AvgIpc) is 3.16. The zero-order valence-electron chi connectivity index (χ0n) is 14.7. The lowest BCUT2D eigenvalue weighted by Gasteiger charge is -2.11. The minimum atomic E-state index is -1.23. The highest BCUT2D eigenvalue weighted by Gasteiger charge is 2.20. The molecular formula is C19H13ClN4O5. The van der Waals surface area contributed by atoms with Gasteiger partial charge in [0.25, 0.3) is 5.91 Å². The van der Waals surface area contributed by atoms with Crippen LogP contribution in [0.1, 0.15) is 10.4 Å². The smallest absolute Gasteiger partial charge is 0.322 e. The van der Waals surface area contributed by atoms with Crippen molar-refractivity contribution >= 4 is 39.9 Å². The van der Waals surface area contributed by atoms with Crippen LogP contribution in [0.15, 0.2) is 53.6 Å². The van der Waals surface area contributed by atoms with E-state index in [1.165, 1.54) is 10.8 Å². The number of ether oxygens (including phenoxy) is 1. The van der Waals surface area contributed by atoms with Crippen molar-refractivity contribution in [2.45, 2.75) is 0 Å². The number of nitrogens with one attached hydrogen (secondary N) is 2. The zero-order valence-corrected chi connectivity index (χ0v) is 15.4. The molecule has 0 radical (unpaired) electrons. The fourth-order valence-electron chi connectivity index (χ4n) is 2.93. The largest absolute Gasteiger partial charge is 0.480 e. The van der Waals surface area contributed by atoms with Crippen LogP contribution in [-0.2, 0) is 4.79 Å². The summed E-state index contributed by atoms with van der Waals surface area (Å²) >= 11 is 6.03. The number of benzene rings is 2. The number of hydrogen-bond donors (Lipinski definition) is 3. The summed E-state index contributed by atoms with van der Waals surface area (Å²) in [6.45, 7) is -0.619. The summed E-state index contributed by atoms with van der Waals surface area (Å²) in [5.41, 5.74) is -0.929. The van der Waals surface area contributed by atoms with Crippen LogP contribution in [0, 0.1) is 0 Å². The minimum Gasteiger partial charge on any atom is -0.480 e. The second-order valence-electron chi connectivity index (χ2n) is 6.07. The van der Waals surface area contributed by atoms with Crippen molar-refractivity contribution in [1.82, 2.24) is 19.9 Å². The first-order chi connectivity index (χ1) is 13.9. The molecule has 4 rings (SSSR count). The molecule has 2 aromatic heterocycles. The van der Waals surface area contributed by atoms with E-state index in [2.05, 4.69) is 15.4 Å². The maximum atomic E-state index is 12.6. The Morgan fingerprint density at radius 3 is 2.86 bits per heavy atom. The van der Waals surface area contributed by atoms with Gasteiger partial charge in [-0.05, 0) is 29.7 Å². The molecule has 2 heterocycles. The van der Waals surface area contributed by atoms with Crippen molar-refractivity contribution in [2.24, 2.45) is 0 Å². The Labute approximate surface area is 167 Å². The summed E-state index contributed by atoms with van der Waals surface area (Å²) < 4.78 is 7.26. The topological polar surface area (TPSA) is 126 Å². The molecule has 10 heteroatoms. The van der Waals surface area contributed by atoms with Crippen LogP contribution >= 0.6 is 11.6 Å². The molecule has 0 saturated heterocycles. The Morgan fingerprint density at radius 2 is 2.07 bits per heavy atom. The van der Waals surface area contributed by atoms with Crippen LogP contribution in [0.4, 0.5) is 0 Å². The van der Waals surface area contributed by atoms with Gasteiger partial charge in [-0.25, -0.2) is 9.50 Å². The van der Waals surface area contributed by atoms with E-state index in [9.17, 15) is 14.4 Å².